The molecule has 1 amide bonds. The summed E-state index contributed by atoms with van der Waals surface area (Å²) in [6.45, 7) is 10.7. The van der Waals surface area contributed by atoms with E-state index in [1.54, 1.807) is 0 Å². The van der Waals surface area contributed by atoms with Crippen molar-refractivity contribution in [2.24, 2.45) is 11.3 Å². The summed E-state index contributed by atoms with van der Waals surface area (Å²) in [6.07, 6.45) is 1.64. The molecule has 4 atom stereocenters. The third-order valence-electron chi connectivity index (χ3n) is 7.19. The van der Waals surface area contributed by atoms with Crippen LogP contribution in [-0.2, 0) is 11.2 Å². The average Bonchev–Trinajstić information content (AvgIpc) is 3.33. The van der Waals surface area contributed by atoms with E-state index in [1.165, 1.54) is 4.90 Å². The van der Waals surface area contributed by atoms with Crippen molar-refractivity contribution in [3.63, 3.8) is 0 Å². The van der Waals surface area contributed by atoms with Crippen LogP contribution < -0.4 is 5.32 Å². The van der Waals surface area contributed by atoms with Gasteiger partial charge in [-0.25, -0.2) is 4.39 Å². The number of nitrogens with one attached hydrogen (secondary N) is 1. The van der Waals surface area contributed by atoms with Gasteiger partial charge in [0.25, 0.3) is 0 Å². The number of hydrogen-bond donors (Lipinski definition) is 1. The fraction of sp³-hybridized carbons (Fsp3) is 0.810. The van der Waals surface area contributed by atoms with E-state index >= 15 is 0 Å². The molecule has 2 fully saturated rings. The normalized spacial score (nSPS) is 31.4. The standard InChI is InChI=1S/C21H32FN5O2/c1-13(2)19-25-17(26-29-19)8-14-6-7-21(5,20(14,3)4)24-11-18(28)27-12-15(22)9-16(27)10-23/h13-16,24H,6-9,11-12H2,1-5H3/t14-,15-,16-,21-/m0/s1. The number of hydrogen-bond acceptors (Lipinski definition) is 6. The molecule has 7 nitrogen and oxygen atoms in total. The first-order chi connectivity index (χ1) is 13.6. The maximum absolute atomic E-state index is 13.6. The van der Waals surface area contributed by atoms with Crippen LogP contribution in [0.4, 0.5) is 4.39 Å². The van der Waals surface area contributed by atoms with E-state index in [4.69, 9.17) is 4.52 Å². The second kappa shape index (κ2) is 8.02. The zero-order valence-electron chi connectivity index (χ0n) is 18.0. The molecule has 2 aliphatic rings. The lowest BCUT2D eigenvalue weighted by Gasteiger charge is -2.42. The smallest absolute Gasteiger partial charge is 0.237 e. The van der Waals surface area contributed by atoms with E-state index < -0.39 is 12.2 Å². The van der Waals surface area contributed by atoms with E-state index in [0.717, 1.165) is 25.1 Å². The zero-order chi connectivity index (χ0) is 21.4. The van der Waals surface area contributed by atoms with Gasteiger partial charge >= 0.3 is 0 Å². The summed E-state index contributed by atoms with van der Waals surface area (Å²) in [5.74, 6) is 1.73. The fourth-order valence-electron chi connectivity index (χ4n) is 4.63. The predicted molar refractivity (Wildman–Crippen MR) is 106 cm³/mol. The predicted octanol–water partition coefficient (Wildman–Crippen LogP) is 2.98. The van der Waals surface area contributed by atoms with E-state index in [2.05, 4.69) is 36.2 Å². The molecule has 1 aromatic heterocycles. The van der Waals surface area contributed by atoms with Crippen molar-refractivity contribution >= 4 is 5.91 Å². The third-order valence-corrected chi connectivity index (χ3v) is 7.19. The minimum absolute atomic E-state index is 0.0114. The third kappa shape index (κ3) is 4.16. The Morgan fingerprint density at radius 1 is 1.45 bits per heavy atom. The number of halogens is 1. The number of amides is 1. The summed E-state index contributed by atoms with van der Waals surface area (Å²) in [4.78, 5) is 18.5. The van der Waals surface area contributed by atoms with Gasteiger partial charge in [0.1, 0.15) is 12.2 Å². The first-order valence-corrected chi connectivity index (χ1v) is 10.5. The maximum atomic E-state index is 13.6. The van der Waals surface area contributed by atoms with Crippen LogP contribution in [0.2, 0.25) is 0 Å². The number of carbonyl (C=O) groups is 1. The Labute approximate surface area is 172 Å². The lowest BCUT2D eigenvalue weighted by Crippen LogP contribution is -2.55. The van der Waals surface area contributed by atoms with Gasteiger partial charge in [-0.15, -0.1) is 0 Å². The van der Waals surface area contributed by atoms with Gasteiger partial charge in [-0.05, 0) is 31.1 Å². The number of alkyl halides is 1. The van der Waals surface area contributed by atoms with Crippen molar-refractivity contribution in [1.29, 1.82) is 5.26 Å². The molecule has 1 aromatic rings. The Morgan fingerprint density at radius 3 is 2.79 bits per heavy atom. The van der Waals surface area contributed by atoms with Gasteiger partial charge in [0, 0.05) is 24.3 Å². The minimum Gasteiger partial charge on any atom is -0.339 e. The quantitative estimate of drug-likeness (QED) is 0.782. The van der Waals surface area contributed by atoms with Crippen molar-refractivity contribution in [2.45, 2.75) is 84.0 Å². The molecular formula is C21H32FN5O2. The molecule has 8 heteroatoms. The van der Waals surface area contributed by atoms with Gasteiger partial charge < -0.3 is 14.7 Å². The van der Waals surface area contributed by atoms with E-state index in [0.29, 0.717) is 11.8 Å². The summed E-state index contributed by atoms with van der Waals surface area (Å²) in [5, 5.41) is 16.7. The molecule has 1 aliphatic heterocycles. The molecular weight excluding hydrogens is 373 g/mol. The Hall–Kier alpha value is -2.01. The topological polar surface area (TPSA) is 95.1 Å². The van der Waals surface area contributed by atoms with Gasteiger partial charge in [0.15, 0.2) is 5.82 Å². The largest absolute Gasteiger partial charge is 0.339 e. The molecule has 160 valence electrons. The number of aromatic nitrogens is 2. The second-order valence-electron chi connectivity index (χ2n) is 9.57. The minimum atomic E-state index is -1.11. The summed E-state index contributed by atoms with van der Waals surface area (Å²) < 4.78 is 19.0. The molecule has 29 heavy (non-hydrogen) atoms. The lowest BCUT2D eigenvalue weighted by molar-refractivity contribution is -0.131. The van der Waals surface area contributed by atoms with Gasteiger partial charge in [0.2, 0.25) is 11.8 Å². The van der Waals surface area contributed by atoms with Crippen molar-refractivity contribution in [1.82, 2.24) is 20.4 Å². The van der Waals surface area contributed by atoms with E-state index in [9.17, 15) is 14.4 Å². The molecule has 0 bridgehead atoms. The van der Waals surface area contributed by atoms with Crippen LogP contribution in [0.25, 0.3) is 0 Å². The fourth-order valence-corrected chi connectivity index (χ4v) is 4.63. The molecule has 0 aromatic carbocycles. The number of likely N-dealkylation sites (tertiary alicyclic amines) is 1. The summed E-state index contributed by atoms with van der Waals surface area (Å²) in [5.41, 5.74) is -0.358. The molecule has 1 aliphatic carbocycles. The van der Waals surface area contributed by atoms with Gasteiger partial charge in [0.05, 0.1) is 19.2 Å². The molecule has 3 rings (SSSR count). The first-order valence-electron chi connectivity index (χ1n) is 10.5. The van der Waals surface area contributed by atoms with Crippen molar-refractivity contribution in [2.75, 3.05) is 13.1 Å². The highest BCUT2D eigenvalue weighted by Crippen LogP contribution is 2.51. The van der Waals surface area contributed by atoms with Crippen LogP contribution in [0.15, 0.2) is 4.52 Å². The SMILES string of the molecule is CC(C)c1nc(C[C@@H]2CC[C@](C)(NCC(=O)N3C[C@@H](F)C[C@H]3C#N)C2(C)C)no1. The van der Waals surface area contributed by atoms with Crippen LogP contribution in [0.5, 0.6) is 0 Å². The van der Waals surface area contributed by atoms with Crippen molar-refractivity contribution in [3.8, 4) is 6.07 Å². The molecule has 1 N–H and O–H groups in total. The van der Waals surface area contributed by atoms with Crippen LogP contribution in [-0.4, -0.2) is 51.8 Å². The second-order valence-corrected chi connectivity index (χ2v) is 9.57. The monoisotopic (exact) mass is 405 g/mol. The van der Waals surface area contributed by atoms with E-state index in [1.807, 2.05) is 19.9 Å². The lowest BCUT2D eigenvalue weighted by atomic mass is 9.70. The van der Waals surface area contributed by atoms with Gasteiger partial charge in [-0.1, -0.05) is 32.9 Å². The Kier molecular flexibility index (Phi) is 6.00. The van der Waals surface area contributed by atoms with Gasteiger partial charge in [-0.3, -0.25) is 4.79 Å². The van der Waals surface area contributed by atoms with Crippen LogP contribution >= 0.6 is 0 Å². The molecule has 0 spiro atoms. The van der Waals surface area contributed by atoms with Crippen molar-refractivity contribution in [3.05, 3.63) is 11.7 Å². The van der Waals surface area contributed by atoms with Crippen LogP contribution in [0.1, 0.15) is 71.5 Å². The molecule has 2 heterocycles. The maximum Gasteiger partial charge on any atom is 0.237 e. The zero-order valence-corrected chi connectivity index (χ0v) is 18.0. The van der Waals surface area contributed by atoms with Crippen LogP contribution in [0, 0.1) is 22.7 Å². The molecule has 1 saturated heterocycles. The number of nitriles is 1. The number of nitrogens with zero attached hydrogens (tertiary/aromatic N) is 4. The first kappa shape index (κ1) is 21.7. The number of rotatable bonds is 6. The highest BCUT2D eigenvalue weighted by atomic mass is 19.1. The van der Waals surface area contributed by atoms with Gasteiger partial charge in [-0.2, -0.15) is 10.2 Å². The summed E-state index contributed by atoms with van der Waals surface area (Å²) in [7, 11) is 0. The molecule has 0 radical (unpaired) electrons. The highest BCUT2D eigenvalue weighted by molar-refractivity contribution is 5.79. The Balaban J connectivity index is 1.62. The molecule has 0 unspecified atom stereocenters. The van der Waals surface area contributed by atoms with E-state index in [-0.39, 0.29) is 42.3 Å². The Morgan fingerprint density at radius 2 is 2.17 bits per heavy atom. The summed E-state index contributed by atoms with van der Waals surface area (Å²) >= 11 is 0. The molecule has 1 saturated carbocycles. The number of carbonyl (C=O) groups excluding carboxylic acids is 1. The van der Waals surface area contributed by atoms with Crippen molar-refractivity contribution < 1.29 is 13.7 Å². The highest BCUT2D eigenvalue weighted by Gasteiger charge is 2.51. The van der Waals surface area contributed by atoms with Crippen LogP contribution in [0.3, 0.4) is 0 Å². The average molecular weight is 406 g/mol. The summed E-state index contributed by atoms with van der Waals surface area (Å²) in [6, 6.07) is 1.38. The Bertz CT molecular complexity index is 786.